The largest absolute Gasteiger partial charge is 0.484 e. The lowest BCUT2D eigenvalue weighted by atomic mass is 10.2. The lowest BCUT2D eigenvalue weighted by molar-refractivity contribution is -0.137. The second-order valence-corrected chi connectivity index (χ2v) is 9.09. The summed E-state index contributed by atoms with van der Waals surface area (Å²) >= 11 is 18.1. The number of nitrogens with zero attached hydrogens (tertiary/aromatic N) is 1. The molecule has 2 aromatic carbocycles. The van der Waals surface area contributed by atoms with Crippen LogP contribution in [0.5, 0.6) is 5.75 Å². The van der Waals surface area contributed by atoms with E-state index in [9.17, 15) is 14.4 Å². The van der Waals surface area contributed by atoms with Gasteiger partial charge in [0.05, 0.1) is 11.3 Å². The van der Waals surface area contributed by atoms with Gasteiger partial charge < -0.3 is 15.2 Å². The zero-order chi connectivity index (χ0) is 23.3. The Morgan fingerprint density at radius 3 is 2.59 bits per heavy atom. The van der Waals surface area contributed by atoms with E-state index in [1.165, 1.54) is 4.90 Å². The number of hydrogen-bond donors (Lipinski definition) is 2. The minimum absolute atomic E-state index is 0.0213. The molecule has 11 heteroatoms. The van der Waals surface area contributed by atoms with E-state index in [0.717, 1.165) is 11.8 Å². The highest BCUT2D eigenvalue weighted by molar-refractivity contribution is 8.26. The Hall–Kier alpha value is -2.59. The summed E-state index contributed by atoms with van der Waals surface area (Å²) in [6, 6.07) is 11.5. The topological polar surface area (TPSA) is 95.9 Å². The molecule has 3 rings (SSSR count). The number of thioether (sulfide) groups is 1. The molecule has 1 fully saturated rings. The Morgan fingerprint density at radius 1 is 1.19 bits per heavy atom. The van der Waals surface area contributed by atoms with Crippen molar-refractivity contribution in [2.75, 3.05) is 18.5 Å². The van der Waals surface area contributed by atoms with Crippen molar-refractivity contribution in [3.63, 3.8) is 0 Å². The summed E-state index contributed by atoms with van der Waals surface area (Å²) in [6.07, 6.45) is 1.45. The minimum atomic E-state index is -1.00. The van der Waals surface area contributed by atoms with Gasteiger partial charge in [-0.3, -0.25) is 19.3 Å². The predicted octanol–water partition coefficient (Wildman–Crippen LogP) is 4.69. The van der Waals surface area contributed by atoms with Crippen molar-refractivity contribution in [3.8, 4) is 5.75 Å². The van der Waals surface area contributed by atoms with Crippen LogP contribution in [0.4, 0.5) is 5.69 Å². The van der Waals surface area contributed by atoms with Crippen molar-refractivity contribution in [1.82, 2.24) is 4.90 Å². The maximum Gasteiger partial charge on any atom is 0.305 e. The van der Waals surface area contributed by atoms with Crippen LogP contribution in [0.3, 0.4) is 0 Å². The first kappa shape index (κ1) is 24.1. The Bertz CT molecular complexity index is 1100. The highest BCUT2D eigenvalue weighted by Gasteiger charge is 2.32. The highest BCUT2D eigenvalue weighted by Crippen LogP contribution is 2.33. The van der Waals surface area contributed by atoms with E-state index in [0.29, 0.717) is 36.3 Å². The van der Waals surface area contributed by atoms with Gasteiger partial charge >= 0.3 is 5.97 Å². The van der Waals surface area contributed by atoms with Crippen LogP contribution in [-0.4, -0.2) is 45.3 Å². The number of halogens is 2. The van der Waals surface area contributed by atoms with Crippen LogP contribution in [0.1, 0.15) is 12.0 Å². The van der Waals surface area contributed by atoms with E-state index < -0.39 is 11.9 Å². The first-order valence-corrected chi connectivity index (χ1v) is 11.2. The molecule has 0 unspecified atom stereocenters. The first-order valence-electron chi connectivity index (χ1n) is 9.17. The summed E-state index contributed by atoms with van der Waals surface area (Å²) < 4.78 is 5.85. The summed E-state index contributed by atoms with van der Waals surface area (Å²) in [5.41, 5.74) is 1.12. The molecule has 0 radical (unpaired) electrons. The SMILES string of the molecule is O=C(O)CCN1C(=O)/C(=C/c2cccc(OCC(=O)Nc3cc(Cl)cc(Cl)c3)c2)SC1=S. The maximum absolute atomic E-state index is 12.5. The van der Waals surface area contributed by atoms with Crippen molar-refractivity contribution in [1.29, 1.82) is 0 Å². The number of carbonyl (C=O) groups excluding carboxylic acids is 2. The summed E-state index contributed by atoms with van der Waals surface area (Å²) in [6.45, 7) is -0.224. The molecule has 1 aliphatic rings. The molecule has 7 nitrogen and oxygen atoms in total. The molecule has 2 N–H and O–H groups in total. The summed E-state index contributed by atoms with van der Waals surface area (Å²) in [5.74, 6) is -1.31. The van der Waals surface area contributed by atoms with E-state index in [1.54, 1.807) is 48.5 Å². The zero-order valence-corrected chi connectivity index (χ0v) is 19.5. The molecule has 0 saturated carbocycles. The molecule has 166 valence electrons. The number of amides is 2. The maximum atomic E-state index is 12.5. The third-order valence-electron chi connectivity index (χ3n) is 4.09. The number of ether oxygens (including phenoxy) is 1. The molecule has 0 spiro atoms. The van der Waals surface area contributed by atoms with Gasteiger partial charge in [0.25, 0.3) is 11.8 Å². The molecule has 1 saturated heterocycles. The quantitative estimate of drug-likeness (QED) is 0.392. The van der Waals surface area contributed by atoms with Crippen molar-refractivity contribution in [3.05, 3.63) is 63.0 Å². The third-order valence-corrected chi connectivity index (χ3v) is 5.91. The second kappa shape index (κ2) is 10.8. The summed E-state index contributed by atoms with van der Waals surface area (Å²) in [7, 11) is 0. The molecule has 0 atom stereocenters. The number of rotatable bonds is 8. The lowest BCUT2D eigenvalue weighted by Gasteiger charge is -2.12. The average Bonchev–Trinajstić information content (AvgIpc) is 2.97. The van der Waals surface area contributed by atoms with Gasteiger partial charge in [-0.2, -0.15) is 0 Å². The van der Waals surface area contributed by atoms with Crippen LogP contribution in [0, 0.1) is 0 Å². The molecular weight excluding hydrogens is 495 g/mol. The molecule has 0 aliphatic carbocycles. The van der Waals surface area contributed by atoms with E-state index in [4.69, 9.17) is 45.3 Å². The Labute approximate surface area is 203 Å². The average molecular weight is 511 g/mol. The fourth-order valence-corrected chi connectivity index (χ4v) is 4.55. The van der Waals surface area contributed by atoms with Crippen LogP contribution >= 0.6 is 47.2 Å². The number of carboxylic acids is 1. The molecule has 2 aromatic rings. The van der Waals surface area contributed by atoms with Gasteiger partial charge in [-0.1, -0.05) is 59.3 Å². The van der Waals surface area contributed by atoms with E-state index >= 15 is 0 Å². The molecular formula is C21H16Cl2N2O5S2. The number of benzene rings is 2. The van der Waals surface area contributed by atoms with Gasteiger partial charge in [0.15, 0.2) is 6.61 Å². The van der Waals surface area contributed by atoms with Crippen LogP contribution in [0.2, 0.25) is 10.0 Å². The van der Waals surface area contributed by atoms with Gasteiger partial charge in [0.1, 0.15) is 10.1 Å². The normalized spacial score (nSPS) is 14.7. The number of nitrogens with one attached hydrogen (secondary N) is 1. The minimum Gasteiger partial charge on any atom is -0.484 e. The van der Waals surface area contributed by atoms with E-state index in [-0.39, 0.29) is 25.5 Å². The van der Waals surface area contributed by atoms with Gasteiger partial charge in [-0.25, -0.2) is 0 Å². The predicted molar refractivity (Wildman–Crippen MR) is 129 cm³/mol. The molecule has 1 heterocycles. The molecule has 2 amide bonds. The van der Waals surface area contributed by atoms with Crippen LogP contribution in [-0.2, 0) is 14.4 Å². The first-order chi connectivity index (χ1) is 15.2. The number of hydrogen-bond acceptors (Lipinski definition) is 6. The summed E-state index contributed by atoms with van der Waals surface area (Å²) in [5, 5.41) is 12.3. The molecule has 0 aromatic heterocycles. The van der Waals surface area contributed by atoms with Gasteiger partial charge in [0, 0.05) is 22.3 Å². The summed E-state index contributed by atoms with van der Waals surface area (Å²) in [4.78, 5) is 37.1. The van der Waals surface area contributed by atoms with E-state index in [2.05, 4.69) is 5.32 Å². The van der Waals surface area contributed by atoms with Crippen molar-refractivity contribution in [2.24, 2.45) is 0 Å². The van der Waals surface area contributed by atoms with Gasteiger partial charge in [-0.15, -0.1) is 0 Å². The van der Waals surface area contributed by atoms with Crippen molar-refractivity contribution < 1.29 is 24.2 Å². The number of carbonyl (C=O) groups is 3. The van der Waals surface area contributed by atoms with Crippen LogP contribution in [0.25, 0.3) is 6.08 Å². The zero-order valence-electron chi connectivity index (χ0n) is 16.3. The monoisotopic (exact) mass is 510 g/mol. The second-order valence-electron chi connectivity index (χ2n) is 6.54. The highest BCUT2D eigenvalue weighted by atomic mass is 35.5. The van der Waals surface area contributed by atoms with Crippen LogP contribution in [0.15, 0.2) is 47.4 Å². The van der Waals surface area contributed by atoms with Crippen molar-refractivity contribution >= 4 is 81.0 Å². The smallest absolute Gasteiger partial charge is 0.305 e. The van der Waals surface area contributed by atoms with Crippen molar-refractivity contribution in [2.45, 2.75) is 6.42 Å². The Balaban J connectivity index is 1.61. The number of carboxylic acid groups (broad SMARTS) is 1. The Morgan fingerprint density at radius 2 is 1.91 bits per heavy atom. The standard InChI is InChI=1S/C21H16Cl2N2O5S2/c22-13-8-14(23)10-15(9-13)24-18(26)11-30-16-3-1-2-12(6-16)7-17-20(29)25(21(31)32-17)5-4-19(27)28/h1-3,6-10H,4-5,11H2,(H,24,26)(H,27,28)/b17-7-. The number of thiocarbonyl (C=S) groups is 1. The number of aliphatic carboxylic acids is 1. The Kier molecular flexibility index (Phi) is 8.14. The lowest BCUT2D eigenvalue weighted by Crippen LogP contribution is -2.30. The molecule has 1 aliphatic heterocycles. The fourth-order valence-electron chi connectivity index (χ4n) is 2.72. The van der Waals surface area contributed by atoms with Crippen LogP contribution < -0.4 is 10.1 Å². The fraction of sp³-hybridized carbons (Fsp3) is 0.143. The molecule has 0 bridgehead atoms. The van der Waals surface area contributed by atoms with Gasteiger partial charge in [-0.05, 0) is 42.0 Å². The third kappa shape index (κ3) is 6.70. The van der Waals surface area contributed by atoms with E-state index in [1.807, 2.05) is 0 Å². The number of anilines is 1. The van der Waals surface area contributed by atoms with Gasteiger partial charge in [0.2, 0.25) is 0 Å². The molecule has 32 heavy (non-hydrogen) atoms.